The maximum atomic E-state index is 11.6. The summed E-state index contributed by atoms with van der Waals surface area (Å²) in [5, 5.41) is 8.97. The zero-order valence-corrected chi connectivity index (χ0v) is 10.9. The summed E-state index contributed by atoms with van der Waals surface area (Å²) < 4.78 is 1.12. The summed E-state index contributed by atoms with van der Waals surface area (Å²) >= 11 is 8.21. The van der Waals surface area contributed by atoms with Gasteiger partial charge in [-0.25, -0.2) is 0 Å². The first-order valence-corrected chi connectivity index (χ1v) is 5.84. The Morgan fingerprint density at radius 2 is 1.88 bits per heavy atom. The van der Waals surface area contributed by atoms with Gasteiger partial charge in [0.25, 0.3) is 5.56 Å². The molecule has 2 aromatic rings. The van der Waals surface area contributed by atoms with E-state index in [1.165, 1.54) is 0 Å². The van der Waals surface area contributed by atoms with Gasteiger partial charge in [0.2, 0.25) is 0 Å². The molecule has 0 saturated carbocycles. The third-order valence-corrected chi connectivity index (χ3v) is 2.92. The van der Waals surface area contributed by atoms with Gasteiger partial charge in [-0.1, -0.05) is 28.1 Å². The van der Waals surface area contributed by atoms with Crippen LogP contribution in [0.1, 0.15) is 5.56 Å². The Morgan fingerprint density at radius 3 is 2.47 bits per heavy atom. The van der Waals surface area contributed by atoms with E-state index in [9.17, 15) is 4.79 Å². The molecule has 1 heterocycles. The van der Waals surface area contributed by atoms with Crippen LogP contribution in [0, 0.1) is 16.1 Å². The maximum absolute atomic E-state index is 11.6. The zero-order chi connectivity index (χ0) is 12.4. The average Bonchev–Trinajstić information content (AvgIpc) is 2.29. The molecule has 0 aliphatic carbocycles. The minimum Gasteiger partial charge on any atom is -0.331 e. The minimum absolute atomic E-state index is 0.0286. The van der Waals surface area contributed by atoms with Gasteiger partial charge in [-0.3, -0.25) is 9.78 Å². The van der Waals surface area contributed by atoms with Crippen LogP contribution in [0.25, 0.3) is 11.3 Å². The first-order chi connectivity index (χ1) is 8.11. The van der Waals surface area contributed by atoms with Crippen molar-refractivity contribution in [3.8, 4) is 17.3 Å². The molecule has 17 heavy (non-hydrogen) atoms. The van der Waals surface area contributed by atoms with Crippen LogP contribution in [-0.4, -0.2) is 9.97 Å². The second-order valence-corrected chi connectivity index (χ2v) is 4.60. The predicted octanol–water partition coefficient (Wildman–Crippen LogP) is 2.73. The van der Waals surface area contributed by atoms with E-state index >= 15 is 0 Å². The summed E-state index contributed by atoms with van der Waals surface area (Å²) in [7, 11) is 0. The number of hydrogen-bond donors (Lipinski definition) is 2. The molecule has 1 aromatic heterocycles. The van der Waals surface area contributed by atoms with Crippen LogP contribution in [0.4, 0.5) is 0 Å². The lowest BCUT2D eigenvalue weighted by molar-refractivity contribution is 1.08. The van der Waals surface area contributed by atoms with Crippen molar-refractivity contribution in [2.45, 2.75) is 0 Å². The summed E-state index contributed by atoms with van der Waals surface area (Å²) in [6.07, 6.45) is 0. The summed E-state index contributed by atoms with van der Waals surface area (Å²) in [4.78, 5) is 16.8. The topological polar surface area (TPSA) is 72.4 Å². The fourth-order valence-corrected chi connectivity index (χ4v) is 1.89. The molecule has 0 spiro atoms. The van der Waals surface area contributed by atoms with E-state index in [-0.39, 0.29) is 10.3 Å². The molecule has 0 fully saturated rings. The largest absolute Gasteiger partial charge is 0.331 e. The van der Waals surface area contributed by atoms with Crippen LogP contribution < -0.4 is 5.56 Å². The fraction of sp³-hybridized carbons (Fsp3) is 0. The Labute approximate surface area is 110 Å². The van der Waals surface area contributed by atoms with Gasteiger partial charge in [-0.05, 0) is 29.9 Å². The quantitative estimate of drug-likeness (QED) is 0.796. The van der Waals surface area contributed by atoms with Crippen molar-refractivity contribution in [1.82, 2.24) is 9.97 Å². The Hall–Kier alpha value is -1.71. The molecular formula is C11H6BrN3OS. The first kappa shape index (κ1) is 11.8. The van der Waals surface area contributed by atoms with E-state index in [0.29, 0.717) is 5.69 Å². The number of aromatic amines is 2. The molecule has 0 aliphatic rings. The summed E-state index contributed by atoms with van der Waals surface area (Å²) in [5.74, 6) is 0. The molecule has 0 atom stereocenters. The van der Waals surface area contributed by atoms with E-state index in [1.54, 1.807) is 12.1 Å². The summed E-state index contributed by atoms with van der Waals surface area (Å²) in [6.45, 7) is 0. The average molecular weight is 308 g/mol. The van der Waals surface area contributed by atoms with Crippen molar-refractivity contribution in [1.29, 1.82) is 5.26 Å². The normalized spacial score (nSPS) is 9.88. The molecular weight excluding hydrogens is 302 g/mol. The zero-order valence-electron chi connectivity index (χ0n) is 8.45. The van der Waals surface area contributed by atoms with Crippen molar-refractivity contribution in [2.24, 2.45) is 0 Å². The molecule has 0 aliphatic heterocycles. The standard InChI is InChI=1S/C11H6BrN3OS/c12-7-3-1-6(2-4-7)9-8(5-13)10(16)15-11(17)14-9/h1-4H,(H2,14,15,16,17). The fourth-order valence-electron chi connectivity index (χ4n) is 1.43. The third-order valence-electron chi connectivity index (χ3n) is 2.19. The van der Waals surface area contributed by atoms with E-state index in [4.69, 9.17) is 17.5 Å². The van der Waals surface area contributed by atoms with Crippen molar-refractivity contribution < 1.29 is 0 Å². The molecule has 2 rings (SSSR count). The highest BCUT2D eigenvalue weighted by atomic mass is 79.9. The molecule has 0 bridgehead atoms. The lowest BCUT2D eigenvalue weighted by atomic mass is 10.1. The van der Waals surface area contributed by atoms with Gasteiger partial charge in [0.1, 0.15) is 11.6 Å². The molecule has 0 saturated heterocycles. The number of benzene rings is 1. The highest BCUT2D eigenvalue weighted by molar-refractivity contribution is 9.10. The van der Waals surface area contributed by atoms with Crippen LogP contribution in [0.5, 0.6) is 0 Å². The van der Waals surface area contributed by atoms with Gasteiger partial charge in [0.05, 0.1) is 5.69 Å². The smallest absolute Gasteiger partial charge is 0.270 e. The maximum Gasteiger partial charge on any atom is 0.270 e. The predicted molar refractivity (Wildman–Crippen MR) is 70.1 cm³/mol. The Morgan fingerprint density at radius 1 is 1.24 bits per heavy atom. The number of nitriles is 1. The van der Waals surface area contributed by atoms with Gasteiger partial charge >= 0.3 is 0 Å². The van der Waals surface area contributed by atoms with Crippen molar-refractivity contribution >= 4 is 28.1 Å². The molecule has 0 unspecified atom stereocenters. The molecule has 6 heteroatoms. The van der Waals surface area contributed by atoms with Gasteiger partial charge in [0.15, 0.2) is 4.77 Å². The summed E-state index contributed by atoms with van der Waals surface area (Å²) in [6, 6.07) is 9.12. The van der Waals surface area contributed by atoms with Crippen LogP contribution >= 0.6 is 28.1 Å². The van der Waals surface area contributed by atoms with Crippen LogP contribution in [-0.2, 0) is 0 Å². The summed E-state index contributed by atoms with van der Waals surface area (Å²) in [5.41, 5.74) is 0.728. The minimum atomic E-state index is -0.478. The molecule has 84 valence electrons. The number of halogens is 1. The molecule has 4 nitrogen and oxygen atoms in total. The second-order valence-electron chi connectivity index (χ2n) is 3.28. The SMILES string of the molecule is N#Cc1c(-c2ccc(Br)cc2)[nH]c(=S)[nH]c1=O. The number of aromatic nitrogens is 2. The van der Waals surface area contributed by atoms with Crippen LogP contribution in [0.3, 0.4) is 0 Å². The molecule has 2 N–H and O–H groups in total. The van der Waals surface area contributed by atoms with E-state index in [0.717, 1.165) is 10.0 Å². The lowest BCUT2D eigenvalue weighted by Gasteiger charge is -2.03. The van der Waals surface area contributed by atoms with Gasteiger partial charge in [-0.15, -0.1) is 0 Å². The Balaban J connectivity index is 2.75. The van der Waals surface area contributed by atoms with Gasteiger partial charge in [0, 0.05) is 4.47 Å². The van der Waals surface area contributed by atoms with Crippen LogP contribution in [0.2, 0.25) is 0 Å². The van der Waals surface area contributed by atoms with E-state index in [2.05, 4.69) is 25.9 Å². The van der Waals surface area contributed by atoms with Crippen molar-refractivity contribution in [3.63, 3.8) is 0 Å². The highest BCUT2D eigenvalue weighted by Crippen LogP contribution is 2.20. The van der Waals surface area contributed by atoms with Gasteiger partial charge < -0.3 is 4.98 Å². The van der Waals surface area contributed by atoms with Crippen molar-refractivity contribution in [2.75, 3.05) is 0 Å². The Bertz CT molecular complexity index is 709. The van der Waals surface area contributed by atoms with E-state index < -0.39 is 5.56 Å². The number of nitrogens with one attached hydrogen (secondary N) is 2. The monoisotopic (exact) mass is 307 g/mol. The number of hydrogen-bond acceptors (Lipinski definition) is 3. The third kappa shape index (κ3) is 2.35. The first-order valence-electron chi connectivity index (χ1n) is 4.64. The number of rotatable bonds is 1. The van der Waals surface area contributed by atoms with Crippen LogP contribution in [0.15, 0.2) is 33.5 Å². The number of H-pyrrole nitrogens is 2. The lowest BCUT2D eigenvalue weighted by Crippen LogP contribution is -2.13. The molecule has 0 amide bonds. The second kappa shape index (κ2) is 4.65. The van der Waals surface area contributed by atoms with Crippen molar-refractivity contribution in [3.05, 3.63) is 49.4 Å². The van der Waals surface area contributed by atoms with Gasteiger partial charge in [-0.2, -0.15) is 5.26 Å². The Kier molecular flexibility index (Phi) is 3.22. The molecule has 1 aromatic carbocycles. The number of nitrogens with zero attached hydrogens (tertiary/aromatic N) is 1. The van der Waals surface area contributed by atoms with E-state index in [1.807, 2.05) is 18.2 Å². The molecule has 0 radical (unpaired) electrons. The highest BCUT2D eigenvalue weighted by Gasteiger charge is 2.09.